The van der Waals surface area contributed by atoms with Gasteiger partial charge in [0.15, 0.2) is 0 Å². The van der Waals surface area contributed by atoms with Crippen LogP contribution in [-0.2, 0) is 16.1 Å². The van der Waals surface area contributed by atoms with E-state index in [9.17, 15) is 29.5 Å². The maximum absolute atomic E-state index is 13.8. The van der Waals surface area contributed by atoms with Gasteiger partial charge in [0.05, 0.1) is 22.2 Å². The summed E-state index contributed by atoms with van der Waals surface area (Å²) in [5, 5.41) is 35.0. The van der Waals surface area contributed by atoms with E-state index in [-0.39, 0.29) is 36.4 Å². The molecule has 0 aliphatic carbocycles. The van der Waals surface area contributed by atoms with Crippen LogP contribution in [0.25, 0.3) is 10.4 Å². The summed E-state index contributed by atoms with van der Waals surface area (Å²) < 4.78 is 0. The number of β-amino-alcohol motifs (C(OH)–C–C–N with tert-alkyl or cyclic N) is 1. The normalized spacial score (nSPS) is 17.7. The van der Waals surface area contributed by atoms with E-state index in [4.69, 9.17) is 0 Å². The molecule has 1 saturated heterocycles. The maximum Gasteiger partial charge on any atom is 0.488 e. The zero-order chi connectivity index (χ0) is 29.9. The Balaban J connectivity index is 1.45. The molecule has 1 aliphatic heterocycles. The van der Waals surface area contributed by atoms with Gasteiger partial charge in [-0.15, -0.1) is 11.3 Å². The molecule has 216 valence electrons. The molecule has 1 aliphatic rings. The molecule has 0 unspecified atom stereocenters. The third-order valence-corrected chi connectivity index (χ3v) is 8.11. The van der Waals surface area contributed by atoms with Crippen LogP contribution >= 0.6 is 11.3 Å². The molecule has 12 heteroatoms. The number of carbonyl (C=O) groups is 3. The number of aromatic nitrogens is 1. The summed E-state index contributed by atoms with van der Waals surface area (Å²) in [7, 11) is -1.74. The number of aliphatic hydroxyl groups excluding tert-OH is 1. The fourth-order valence-electron chi connectivity index (χ4n) is 4.84. The first kappa shape index (κ1) is 30.4. The molecule has 41 heavy (non-hydrogen) atoms. The third kappa shape index (κ3) is 7.20. The van der Waals surface area contributed by atoms with Crippen molar-refractivity contribution in [3.8, 4) is 10.4 Å². The Bertz CT molecular complexity index is 1400. The average molecular weight is 579 g/mol. The minimum Gasteiger partial charge on any atom is -0.423 e. The molecule has 3 amide bonds. The fourth-order valence-corrected chi connectivity index (χ4v) is 5.65. The van der Waals surface area contributed by atoms with Gasteiger partial charge in [-0.1, -0.05) is 57.2 Å². The highest BCUT2D eigenvalue weighted by atomic mass is 32.1. The van der Waals surface area contributed by atoms with E-state index in [1.54, 1.807) is 37.6 Å². The number of aryl methyl sites for hydroxylation is 1. The van der Waals surface area contributed by atoms with Crippen LogP contribution in [0.2, 0.25) is 0 Å². The van der Waals surface area contributed by atoms with Crippen molar-refractivity contribution in [2.24, 2.45) is 5.41 Å². The Kier molecular flexibility index (Phi) is 9.28. The number of rotatable bonds is 8. The van der Waals surface area contributed by atoms with Crippen LogP contribution in [0, 0.1) is 12.3 Å². The van der Waals surface area contributed by atoms with E-state index < -0.39 is 42.5 Å². The van der Waals surface area contributed by atoms with Gasteiger partial charge in [-0.25, -0.2) is 4.98 Å². The largest absolute Gasteiger partial charge is 0.488 e. The number of benzene rings is 2. The van der Waals surface area contributed by atoms with Gasteiger partial charge in [-0.05, 0) is 41.1 Å². The van der Waals surface area contributed by atoms with E-state index in [1.165, 1.54) is 29.2 Å². The zero-order valence-corrected chi connectivity index (χ0v) is 24.3. The van der Waals surface area contributed by atoms with Crippen LogP contribution in [0.3, 0.4) is 0 Å². The summed E-state index contributed by atoms with van der Waals surface area (Å²) in [6, 6.07) is 11.7. The summed E-state index contributed by atoms with van der Waals surface area (Å²) in [6.07, 6.45) is -0.793. The first-order valence-electron chi connectivity index (χ1n) is 13.4. The van der Waals surface area contributed by atoms with Crippen LogP contribution in [0.5, 0.6) is 0 Å². The predicted molar refractivity (Wildman–Crippen MR) is 157 cm³/mol. The lowest BCUT2D eigenvalue weighted by Gasteiger charge is -2.35. The molecule has 1 aromatic heterocycles. The predicted octanol–water partition coefficient (Wildman–Crippen LogP) is 1.22. The van der Waals surface area contributed by atoms with Gasteiger partial charge >= 0.3 is 7.12 Å². The van der Waals surface area contributed by atoms with Gasteiger partial charge in [0.1, 0.15) is 12.1 Å². The molecule has 0 spiro atoms. The Morgan fingerprint density at radius 2 is 1.85 bits per heavy atom. The average Bonchev–Trinajstić information content (AvgIpc) is 3.54. The van der Waals surface area contributed by atoms with Crippen molar-refractivity contribution < 1.29 is 29.5 Å². The first-order chi connectivity index (χ1) is 19.3. The number of carbonyl (C=O) groups excluding carboxylic acids is 3. The highest BCUT2D eigenvalue weighted by Crippen LogP contribution is 2.28. The van der Waals surface area contributed by atoms with Crippen LogP contribution in [0.1, 0.15) is 48.8 Å². The molecule has 3 atom stereocenters. The number of amides is 3. The van der Waals surface area contributed by atoms with Crippen molar-refractivity contribution in [3.63, 3.8) is 0 Å². The van der Waals surface area contributed by atoms with Gasteiger partial charge < -0.3 is 30.7 Å². The smallest absolute Gasteiger partial charge is 0.423 e. The van der Waals surface area contributed by atoms with E-state index >= 15 is 0 Å². The lowest BCUT2D eigenvalue weighted by Crippen LogP contribution is -2.57. The number of nitrogens with one attached hydrogen (secondary N) is 2. The van der Waals surface area contributed by atoms with Crippen molar-refractivity contribution in [1.29, 1.82) is 0 Å². The number of likely N-dealkylation sites (tertiary alicyclic amines) is 1. The molecule has 2 heterocycles. The summed E-state index contributed by atoms with van der Waals surface area (Å²) in [4.78, 5) is 46.8. The van der Waals surface area contributed by atoms with E-state index in [0.29, 0.717) is 0 Å². The second kappa shape index (κ2) is 12.5. The minimum atomic E-state index is -1.74. The number of thiazole rings is 1. The van der Waals surface area contributed by atoms with Crippen LogP contribution < -0.4 is 16.1 Å². The fraction of sp³-hybridized carbons (Fsp3) is 0.379. The molecular formula is C29H35BN4O6S. The molecule has 0 saturated carbocycles. The zero-order valence-electron chi connectivity index (χ0n) is 23.5. The first-order valence-corrected chi connectivity index (χ1v) is 14.3. The minimum absolute atomic E-state index is 0.0333. The molecule has 0 radical (unpaired) electrons. The Morgan fingerprint density at radius 1 is 1.15 bits per heavy atom. The highest BCUT2D eigenvalue weighted by molar-refractivity contribution is 7.13. The maximum atomic E-state index is 13.8. The van der Waals surface area contributed by atoms with E-state index in [0.717, 1.165) is 21.7 Å². The van der Waals surface area contributed by atoms with Crippen molar-refractivity contribution in [3.05, 3.63) is 70.9 Å². The highest BCUT2D eigenvalue weighted by Gasteiger charge is 2.44. The number of hydrogen-bond donors (Lipinski definition) is 5. The summed E-state index contributed by atoms with van der Waals surface area (Å²) in [5.41, 5.74) is 4.27. The monoisotopic (exact) mass is 578 g/mol. The van der Waals surface area contributed by atoms with Crippen molar-refractivity contribution in [2.45, 2.75) is 58.8 Å². The van der Waals surface area contributed by atoms with Crippen molar-refractivity contribution >= 4 is 41.6 Å². The molecule has 1 fully saturated rings. The van der Waals surface area contributed by atoms with Gasteiger partial charge in [-0.3, -0.25) is 14.4 Å². The van der Waals surface area contributed by atoms with E-state index in [1.807, 2.05) is 31.2 Å². The SMILES string of the molecule is Cc1ncsc1-c1ccc(CNC(=O)[C@@H]2C[C@@H](O)CN2C(=O)[C@@H](NC(=O)c2cccc(B(O)O)c2)C(C)(C)C)cc1. The summed E-state index contributed by atoms with van der Waals surface area (Å²) >= 11 is 1.57. The Hall–Kier alpha value is -3.58. The second-order valence-electron chi connectivity index (χ2n) is 11.3. The molecule has 3 aromatic rings. The van der Waals surface area contributed by atoms with Crippen LogP contribution in [0.15, 0.2) is 54.0 Å². The van der Waals surface area contributed by atoms with Gasteiger partial charge in [-0.2, -0.15) is 0 Å². The Labute approximate surface area is 243 Å². The quantitative estimate of drug-likeness (QED) is 0.252. The van der Waals surface area contributed by atoms with Crippen LogP contribution in [0.4, 0.5) is 0 Å². The van der Waals surface area contributed by atoms with Crippen molar-refractivity contribution in [1.82, 2.24) is 20.5 Å². The van der Waals surface area contributed by atoms with Gasteiger partial charge in [0.2, 0.25) is 11.8 Å². The molecule has 5 N–H and O–H groups in total. The number of nitrogens with zero attached hydrogens (tertiary/aromatic N) is 2. The third-order valence-electron chi connectivity index (χ3n) is 7.13. The lowest BCUT2D eigenvalue weighted by atomic mass is 9.79. The van der Waals surface area contributed by atoms with Crippen molar-refractivity contribution in [2.75, 3.05) is 6.54 Å². The standard InChI is InChI=1S/C29H35BN4O6S/c1-17-24(41-16-32-17)19-10-8-18(9-11-19)14-31-27(37)23-13-22(35)15-34(23)28(38)25(29(2,3)4)33-26(36)20-6-5-7-21(12-20)30(39)40/h5-12,16,22-23,25,35,39-40H,13-15H2,1-4H3,(H,31,37)(H,33,36)/t22-,23+,25-/m1/s1. The number of hydrogen-bond acceptors (Lipinski definition) is 8. The van der Waals surface area contributed by atoms with Gasteiger partial charge in [0, 0.05) is 25.1 Å². The second-order valence-corrected chi connectivity index (χ2v) is 12.2. The lowest BCUT2D eigenvalue weighted by molar-refractivity contribution is -0.142. The summed E-state index contributed by atoms with van der Waals surface area (Å²) in [6.45, 7) is 7.56. The topological polar surface area (TPSA) is 152 Å². The molecule has 2 aromatic carbocycles. The molecular weight excluding hydrogens is 543 g/mol. The van der Waals surface area contributed by atoms with E-state index in [2.05, 4.69) is 15.6 Å². The van der Waals surface area contributed by atoms with Crippen LogP contribution in [-0.4, -0.2) is 74.6 Å². The summed E-state index contributed by atoms with van der Waals surface area (Å²) in [5.74, 6) is -1.44. The molecule has 0 bridgehead atoms. The van der Waals surface area contributed by atoms with Gasteiger partial charge in [0.25, 0.3) is 5.91 Å². The Morgan fingerprint density at radius 3 is 2.46 bits per heavy atom. The molecule has 10 nitrogen and oxygen atoms in total. The number of aliphatic hydroxyl groups is 1. The molecule has 4 rings (SSSR count).